The van der Waals surface area contributed by atoms with Gasteiger partial charge in [0.05, 0.1) is 11.3 Å². The average Bonchev–Trinajstić information content (AvgIpc) is 2.86. The first-order valence-electron chi connectivity index (χ1n) is 10.6. The number of aromatic nitrogens is 3. The fourth-order valence-electron chi connectivity index (χ4n) is 3.44. The van der Waals surface area contributed by atoms with Gasteiger partial charge in [-0.25, -0.2) is 9.97 Å². The Balaban J connectivity index is 1.84. The lowest BCUT2D eigenvalue weighted by Gasteiger charge is -2.17. The molecule has 4 rings (SSSR count). The van der Waals surface area contributed by atoms with Crippen molar-refractivity contribution in [2.75, 3.05) is 6.61 Å². The van der Waals surface area contributed by atoms with E-state index >= 15 is 0 Å². The lowest BCUT2D eigenvalue weighted by molar-refractivity contribution is -0.158. The van der Waals surface area contributed by atoms with Crippen LogP contribution in [-0.2, 0) is 12.4 Å². The quantitative estimate of drug-likeness (QED) is 0.241. The second kappa shape index (κ2) is 9.95. The molecule has 2 aromatic heterocycles. The van der Waals surface area contributed by atoms with E-state index in [9.17, 15) is 39.5 Å². The third-order valence-corrected chi connectivity index (χ3v) is 5.11. The minimum Gasteiger partial charge on any atom is -0.483 e. The molecule has 0 radical (unpaired) electrons. The van der Waals surface area contributed by atoms with E-state index in [1.165, 1.54) is 24.5 Å². The van der Waals surface area contributed by atoms with Gasteiger partial charge in [0, 0.05) is 29.1 Å². The maximum Gasteiger partial charge on any atom is 0.433 e. The first-order chi connectivity index (χ1) is 17.7. The predicted molar refractivity (Wildman–Crippen MR) is 118 cm³/mol. The smallest absolute Gasteiger partial charge is 0.433 e. The van der Waals surface area contributed by atoms with Crippen molar-refractivity contribution in [1.82, 2.24) is 15.0 Å². The first-order valence-corrected chi connectivity index (χ1v) is 10.6. The fraction of sp³-hybridized carbons (Fsp3) is 0.160. The summed E-state index contributed by atoms with van der Waals surface area (Å²) in [5.74, 6) is -1.61. The van der Waals surface area contributed by atoms with E-state index < -0.39 is 53.7 Å². The highest BCUT2D eigenvalue weighted by Crippen LogP contribution is 2.40. The molecule has 0 aliphatic carbocycles. The standard InChI is InChI=1S/C25H14F9N3O/c26-23(27,28)13-38-20-10-15(6-7-18(20)24(29,30)31)19-11-21(25(32,33)34)37-22(36-19)16-4-1-3-14(9-16)17-5-2-8-35-12-17/h1-12H,13H2. The Kier molecular flexibility index (Phi) is 7.04. The molecule has 0 bridgehead atoms. The zero-order valence-corrected chi connectivity index (χ0v) is 18.8. The number of benzene rings is 2. The van der Waals surface area contributed by atoms with Gasteiger partial charge in [0.15, 0.2) is 12.4 Å². The molecule has 0 amide bonds. The lowest BCUT2D eigenvalue weighted by Crippen LogP contribution is -2.21. The molecule has 0 spiro atoms. The van der Waals surface area contributed by atoms with Crippen molar-refractivity contribution < 1.29 is 44.3 Å². The van der Waals surface area contributed by atoms with Crippen LogP contribution in [0.25, 0.3) is 33.8 Å². The zero-order valence-electron chi connectivity index (χ0n) is 18.8. The molecule has 2 heterocycles. The van der Waals surface area contributed by atoms with E-state index in [-0.39, 0.29) is 11.1 Å². The van der Waals surface area contributed by atoms with Crippen molar-refractivity contribution in [3.63, 3.8) is 0 Å². The highest BCUT2D eigenvalue weighted by molar-refractivity contribution is 5.71. The summed E-state index contributed by atoms with van der Waals surface area (Å²) in [5.41, 5.74) is -2.36. The average molecular weight is 543 g/mol. The molecule has 0 unspecified atom stereocenters. The molecule has 198 valence electrons. The summed E-state index contributed by atoms with van der Waals surface area (Å²) in [4.78, 5) is 11.6. The van der Waals surface area contributed by atoms with Crippen molar-refractivity contribution in [2.45, 2.75) is 18.5 Å². The van der Waals surface area contributed by atoms with Crippen LogP contribution in [0.5, 0.6) is 5.75 Å². The van der Waals surface area contributed by atoms with Gasteiger partial charge in [0.2, 0.25) is 0 Å². The molecule has 4 nitrogen and oxygen atoms in total. The van der Waals surface area contributed by atoms with Crippen molar-refractivity contribution in [2.24, 2.45) is 0 Å². The molecule has 0 atom stereocenters. The second-order valence-electron chi connectivity index (χ2n) is 7.89. The van der Waals surface area contributed by atoms with Gasteiger partial charge in [-0.05, 0) is 35.9 Å². The minimum atomic E-state index is -5.08. The van der Waals surface area contributed by atoms with E-state index in [0.29, 0.717) is 29.3 Å². The highest BCUT2D eigenvalue weighted by Gasteiger charge is 2.37. The number of ether oxygens (including phenoxy) is 1. The molecule has 0 saturated carbocycles. The maximum atomic E-state index is 13.7. The monoisotopic (exact) mass is 543 g/mol. The molecule has 4 aromatic rings. The lowest BCUT2D eigenvalue weighted by atomic mass is 10.0. The van der Waals surface area contributed by atoms with Gasteiger partial charge in [-0.3, -0.25) is 4.98 Å². The van der Waals surface area contributed by atoms with Crippen LogP contribution in [0.1, 0.15) is 11.3 Å². The van der Waals surface area contributed by atoms with Gasteiger partial charge in [-0.2, -0.15) is 39.5 Å². The Morgan fingerprint density at radius 3 is 2.00 bits per heavy atom. The van der Waals surface area contributed by atoms with Gasteiger partial charge < -0.3 is 4.74 Å². The van der Waals surface area contributed by atoms with Crippen molar-refractivity contribution in [1.29, 1.82) is 0 Å². The van der Waals surface area contributed by atoms with Crippen LogP contribution < -0.4 is 4.74 Å². The Bertz CT molecular complexity index is 1430. The van der Waals surface area contributed by atoms with Gasteiger partial charge in [-0.1, -0.05) is 30.3 Å². The number of pyridine rings is 1. The summed E-state index contributed by atoms with van der Waals surface area (Å²) in [6.07, 6.45) is -11.9. The van der Waals surface area contributed by atoms with Crippen LogP contribution in [0.2, 0.25) is 0 Å². The molecule has 0 aliphatic heterocycles. The molecule has 0 aliphatic rings. The molecule has 2 aromatic carbocycles. The summed E-state index contributed by atoms with van der Waals surface area (Å²) in [7, 11) is 0. The number of hydrogen-bond donors (Lipinski definition) is 0. The fourth-order valence-corrected chi connectivity index (χ4v) is 3.44. The SMILES string of the molecule is FC(F)(F)COc1cc(-c2cc(C(F)(F)F)nc(-c3cccc(-c4cccnc4)c3)n2)ccc1C(F)(F)F. The van der Waals surface area contributed by atoms with E-state index in [0.717, 1.165) is 6.07 Å². The van der Waals surface area contributed by atoms with Crippen molar-refractivity contribution in [3.8, 4) is 39.5 Å². The minimum absolute atomic E-state index is 0.152. The third-order valence-electron chi connectivity index (χ3n) is 5.11. The van der Waals surface area contributed by atoms with Crippen LogP contribution in [-0.4, -0.2) is 27.7 Å². The molecular formula is C25H14F9N3O. The van der Waals surface area contributed by atoms with Gasteiger partial charge in [0.25, 0.3) is 0 Å². The van der Waals surface area contributed by atoms with Crippen LogP contribution in [0.3, 0.4) is 0 Å². The summed E-state index contributed by atoms with van der Waals surface area (Å²) in [5, 5.41) is 0. The van der Waals surface area contributed by atoms with E-state index in [4.69, 9.17) is 0 Å². The number of halogens is 9. The number of hydrogen-bond acceptors (Lipinski definition) is 4. The third kappa shape index (κ3) is 6.39. The Morgan fingerprint density at radius 1 is 0.658 bits per heavy atom. The summed E-state index contributed by atoms with van der Waals surface area (Å²) >= 11 is 0. The molecule has 0 saturated heterocycles. The maximum absolute atomic E-state index is 13.7. The molecule has 0 N–H and O–H groups in total. The van der Waals surface area contributed by atoms with E-state index in [1.807, 2.05) is 0 Å². The number of alkyl halides is 9. The van der Waals surface area contributed by atoms with Gasteiger partial charge in [-0.15, -0.1) is 0 Å². The van der Waals surface area contributed by atoms with Crippen molar-refractivity contribution >= 4 is 0 Å². The molecular weight excluding hydrogens is 529 g/mol. The normalized spacial score (nSPS) is 12.4. The first kappa shape index (κ1) is 26.9. The Morgan fingerprint density at radius 2 is 1.37 bits per heavy atom. The molecule has 13 heteroatoms. The number of rotatable bonds is 5. The second-order valence-corrected chi connectivity index (χ2v) is 7.89. The highest BCUT2D eigenvalue weighted by atomic mass is 19.4. The van der Waals surface area contributed by atoms with Gasteiger partial charge >= 0.3 is 18.5 Å². The van der Waals surface area contributed by atoms with E-state index in [1.54, 1.807) is 24.3 Å². The largest absolute Gasteiger partial charge is 0.483 e. The van der Waals surface area contributed by atoms with E-state index in [2.05, 4.69) is 19.7 Å². The Labute approximate surface area is 208 Å². The van der Waals surface area contributed by atoms with Crippen LogP contribution in [0, 0.1) is 0 Å². The molecule has 38 heavy (non-hydrogen) atoms. The summed E-state index contributed by atoms with van der Waals surface area (Å²) in [6, 6.07) is 11.8. The summed E-state index contributed by atoms with van der Waals surface area (Å²) in [6.45, 7) is -2.04. The summed E-state index contributed by atoms with van der Waals surface area (Å²) < 4.78 is 123. The molecule has 0 fully saturated rings. The zero-order chi connectivity index (χ0) is 27.7. The van der Waals surface area contributed by atoms with Gasteiger partial charge in [0.1, 0.15) is 11.4 Å². The van der Waals surface area contributed by atoms with Crippen LogP contribution in [0.15, 0.2) is 73.1 Å². The van der Waals surface area contributed by atoms with Crippen LogP contribution in [0.4, 0.5) is 39.5 Å². The topological polar surface area (TPSA) is 47.9 Å². The number of nitrogens with zero attached hydrogens (tertiary/aromatic N) is 3. The Hall–Kier alpha value is -4.16. The van der Waals surface area contributed by atoms with Crippen LogP contribution >= 0.6 is 0 Å². The van der Waals surface area contributed by atoms with Crippen molar-refractivity contribution in [3.05, 3.63) is 84.3 Å². The predicted octanol–water partition coefficient (Wildman–Crippen LogP) is 7.85.